The van der Waals surface area contributed by atoms with Gasteiger partial charge in [0.15, 0.2) is 18.9 Å². The summed E-state index contributed by atoms with van der Waals surface area (Å²) in [5.74, 6) is -0.608. The lowest BCUT2D eigenvalue weighted by Crippen LogP contribution is -2.68. The molecule has 3 heterocycles. The number of aliphatic hydroxyl groups is 9. The van der Waals surface area contributed by atoms with E-state index in [4.69, 9.17) is 23.7 Å². The Kier molecular flexibility index (Phi) is 9.97. The molecule has 36 heavy (non-hydrogen) atoms. The molecule has 0 unspecified atom stereocenters. The smallest absolute Gasteiger partial charge is 0.217 e. The van der Waals surface area contributed by atoms with E-state index in [1.54, 1.807) is 0 Å². The van der Waals surface area contributed by atoms with Crippen LogP contribution >= 0.6 is 0 Å². The van der Waals surface area contributed by atoms with Crippen molar-refractivity contribution in [1.82, 2.24) is 5.32 Å². The second-order valence-corrected chi connectivity index (χ2v) is 9.05. The van der Waals surface area contributed by atoms with E-state index in [1.807, 2.05) is 0 Å². The van der Waals surface area contributed by atoms with Crippen LogP contribution in [0, 0.1) is 0 Å². The van der Waals surface area contributed by atoms with Crippen LogP contribution in [0.5, 0.6) is 0 Å². The summed E-state index contributed by atoms with van der Waals surface area (Å²) >= 11 is 0. The van der Waals surface area contributed by atoms with Gasteiger partial charge in [-0.05, 0) is 6.92 Å². The highest BCUT2D eigenvalue weighted by molar-refractivity contribution is 5.73. The zero-order chi connectivity index (χ0) is 26.9. The third-order valence-corrected chi connectivity index (χ3v) is 6.46. The summed E-state index contributed by atoms with van der Waals surface area (Å²) in [5, 5.41) is 93.7. The van der Waals surface area contributed by atoms with E-state index in [0.717, 1.165) is 6.92 Å². The predicted molar refractivity (Wildman–Crippen MR) is 111 cm³/mol. The minimum absolute atomic E-state index is 0.608. The molecule has 3 rings (SSSR count). The average molecular weight is 529 g/mol. The van der Waals surface area contributed by atoms with E-state index in [0.29, 0.717) is 0 Å². The first-order chi connectivity index (χ1) is 16.9. The van der Waals surface area contributed by atoms with Gasteiger partial charge < -0.3 is 75.0 Å². The molecule has 210 valence electrons. The Morgan fingerprint density at radius 1 is 0.722 bits per heavy atom. The summed E-state index contributed by atoms with van der Waals surface area (Å²) in [5.41, 5.74) is 0. The van der Waals surface area contributed by atoms with Crippen LogP contribution in [0.3, 0.4) is 0 Å². The highest BCUT2D eigenvalue weighted by Crippen LogP contribution is 2.32. The molecule has 3 saturated heterocycles. The van der Waals surface area contributed by atoms with Gasteiger partial charge in [0.2, 0.25) is 5.91 Å². The lowest BCUT2D eigenvalue weighted by molar-refractivity contribution is -0.370. The molecule has 0 saturated carbocycles. The van der Waals surface area contributed by atoms with Gasteiger partial charge in [-0.1, -0.05) is 0 Å². The SMILES string of the molecule is CC(=O)N[C@@H]1[C@@H](O[C@@H]2O[C@@H](C)[C@@H](O)[C@@H](O[C@H]3O[C@H](CO)[C@@H](O)[C@H](O)[C@@H]3O)[C@@H]2O)[C@@H](O)[C@@H](CO)O[C@H]1O. The van der Waals surface area contributed by atoms with E-state index >= 15 is 0 Å². The molecule has 3 aliphatic rings. The minimum Gasteiger partial charge on any atom is -0.394 e. The van der Waals surface area contributed by atoms with Gasteiger partial charge in [-0.15, -0.1) is 0 Å². The van der Waals surface area contributed by atoms with Crippen molar-refractivity contribution in [3.8, 4) is 0 Å². The molecule has 1 amide bonds. The van der Waals surface area contributed by atoms with Crippen molar-refractivity contribution >= 4 is 5.91 Å². The van der Waals surface area contributed by atoms with Crippen molar-refractivity contribution in [3.05, 3.63) is 0 Å². The van der Waals surface area contributed by atoms with Crippen LogP contribution in [0.15, 0.2) is 0 Å². The molecule has 0 spiro atoms. The zero-order valence-corrected chi connectivity index (χ0v) is 19.5. The second kappa shape index (κ2) is 12.2. The van der Waals surface area contributed by atoms with Gasteiger partial charge in [-0.25, -0.2) is 0 Å². The van der Waals surface area contributed by atoms with Crippen molar-refractivity contribution in [2.45, 2.75) is 106 Å². The summed E-state index contributed by atoms with van der Waals surface area (Å²) in [6.07, 6.45) is -21.9. The fourth-order valence-electron chi connectivity index (χ4n) is 4.39. The molecule has 3 aliphatic heterocycles. The summed E-state index contributed by atoms with van der Waals surface area (Å²) < 4.78 is 27.1. The normalized spacial score (nSPS) is 50.0. The largest absolute Gasteiger partial charge is 0.394 e. The number of carbonyl (C=O) groups is 1. The number of hydrogen-bond donors (Lipinski definition) is 10. The Hall–Kier alpha value is -1.09. The molecule has 10 N–H and O–H groups in total. The number of carbonyl (C=O) groups excluding carboxylic acids is 1. The monoisotopic (exact) mass is 529 g/mol. The van der Waals surface area contributed by atoms with E-state index in [1.165, 1.54) is 6.92 Å². The maximum absolute atomic E-state index is 11.6. The maximum Gasteiger partial charge on any atom is 0.217 e. The van der Waals surface area contributed by atoms with Crippen molar-refractivity contribution in [2.24, 2.45) is 0 Å². The molecular weight excluding hydrogens is 494 g/mol. The van der Waals surface area contributed by atoms with Gasteiger partial charge in [0.1, 0.15) is 67.1 Å². The number of rotatable bonds is 7. The highest BCUT2D eigenvalue weighted by atomic mass is 16.7. The molecule has 15 atom stereocenters. The van der Waals surface area contributed by atoms with Crippen LogP contribution < -0.4 is 5.32 Å². The van der Waals surface area contributed by atoms with E-state index in [-0.39, 0.29) is 0 Å². The van der Waals surface area contributed by atoms with Crippen LogP contribution in [0.2, 0.25) is 0 Å². The van der Waals surface area contributed by atoms with Gasteiger partial charge >= 0.3 is 0 Å². The van der Waals surface area contributed by atoms with Crippen LogP contribution in [0.4, 0.5) is 0 Å². The van der Waals surface area contributed by atoms with E-state index < -0.39 is 111 Å². The molecule has 16 heteroatoms. The van der Waals surface area contributed by atoms with Crippen molar-refractivity contribution < 1.29 is 74.4 Å². The van der Waals surface area contributed by atoms with E-state index in [9.17, 15) is 50.8 Å². The first-order valence-corrected chi connectivity index (χ1v) is 11.4. The third-order valence-electron chi connectivity index (χ3n) is 6.46. The van der Waals surface area contributed by atoms with Gasteiger partial charge in [0.05, 0.1) is 19.3 Å². The zero-order valence-electron chi connectivity index (χ0n) is 19.5. The van der Waals surface area contributed by atoms with Gasteiger partial charge in [-0.2, -0.15) is 0 Å². The number of ether oxygens (including phenoxy) is 5. The average Bonchev–Trinajstić information content (AvgIpc) is 2.83. The van der Waals surface area contributed by atoms with Crippen molar-refractivity contribution in [1.29, 1.82) is 0 Å². The summed E-state index contributed by atoms with van der Waals surface area (Å²) in [6, 6.07) is -1.34. The lowest BCUT2D eigenvalue weighted by Gasteiger charge is -2.48. The quantitative estimate of drug-likeness (QED) is 0.147. The van der Waals surface area contributed by atoms with Crippen molar-refractivity contribution in [2.75, 3.05) is 13.2 Å². The van der Waals surface area contributed by atoms with E-state index in [2.05, 4.69) is 5.32 Å². The first-order valence-electron chi connectivity index (χ1n) is 11.4. The third kappa shape index (κ3) is 5.97. The summed E-state index contributed by atoms with van der Waals surface area (Å²) in [6.45, 7) is 1.10. The molecule has 0 aliphatic carbocycles. The molecule has 0 radical (unpaired) electrons. The standard InChI is InChI=1S/C20H35NO15/c1-5-10(25)17(36-19-14(29)13(28)11(26)7(3-22)34-19)15(30)20(32-5)35-16-9(21-6(2)24)18(31)33-8(4-23)12(16)27/h5,7-20,22-23,25-31H,3-4H2,1-2H3,(H,21,24)/t5-,7+,8+,9+,10+,11+,12-,13-,14-,15-,16+,17+,18+,19+,20-/m0/s1. The number of nitrogens with one attached hydrogen (secondary N) is 1. The Bertz CT molecular complexity index is 729. The Labute approximate surface area is 205 Å². The summed E-state index contributed by atoms with van der Waals surface area (Å²) in [7, 11) is 0. The van der Waals surface area contributed by atoms with Crippen LogP contribution in [0.1, 0.15) is 13.8 Å². The number of hydrogen-bond acceptors (Lipinski definition) is 15. The van der Waals surface area contributed by atoms with Gasteiger partial charge in [-0.3, -0.25) is 4.79 Å². The van der Waals surface area contributed by atoms with Gasteiger partial charge in [0, 0.05) is 6.92 Å². The minimum atomic E-state index is -1.82. The fraction of sp³-hybridized carbons (Fsp3) is 0.950. The predicted octanol–water partition coefficient (Wildman–Crippen LogP) is -6.40. The second-order valence-electron chi connectivity index (χ2n) is 9.05. The number of aliphatic hydroxyl groups excluding tert-OH is 9. The van der Waals surface area contributed by atoms with Crippen LogP contribution in [-0.4, -0.2) is 157 Å². The van der Waals surface area contributed by atoms with Crippen molar-refractivity contribution in [3.63, 3.8) is 0 Å². The molecule has 0 aromatic heterocycles. The molecular formula is C20H35NO15. The first kappa shape index (κ1) is 29.5. The lowest BCUT2D eigenvalue weighted by atomic mass is 9.95. The fourth-order valence-corrected chi connectivity index (χ4v) is 4.39. The molecule has 3 fully saturated rings. The topological polar surface area (TPSA) is 257 Å². The molecule has 16 nitrogen and oxygen atoms in total. The molecule has 0 aromatic rings. The Morgan fingerprint density at radius 2 is 1.28 bits per heavy atom. The number of amides is 1. The Morgan fingerprint density at radius 3 is 1.86 bits per heavy atom. The molecule has 0 bridgehead atoms. The Balaban J connectivity index is 1.80. The maximum atomic E-state index is 11.6. The molecule has 0 aromatic carbocycles. The van der Waals surface area contributed by atoms with Crippen LogP contribution in [0.25, 0.3) is 0 Å². The highest BCUT2D eigenvalue weighted by Gasteiger charge is 2.53. The summed E-state index contributed by atoms with van der Waals surface area (Å²) in [4.78, 5) is 11.6. The van der Waals surface area contributed by atoms with Gasteiger partial charge in [0.25, 0.3) is 0 Å². The van der Waals surface area contributed by atoms with Crippen LogP contribution in [-0.2, 0) is 28.5 Å².